The van der Waals surface area contributed by atoms with E-state index in [-0.39, 0.29) is 5.91 Å². The lowest BCUT2D eigenvalue weighted by molar-refractivity contribution is -0.121. The molecule has 0 fully saturated rings. The first-order valence-electron chi connectivity index (χ1n) is 8.83. The summed E-state index contributed by atoms with van der Waals surface area (Å²) in [6.07, 6.45) is 12.3. The Labute approximate surface area is 146 Å². The summed E-state index contributed by atoms with van der Waals surface area (Å²) in [7, 11) is 4.01. The van der Waals surface area contributed by atoms with E-state index in [1.165, 1.54) is 25.7 Å². The van der Waals surface area contributed by atoms with E-state index in [1.54, 1.807) is 6.21 Å². The first-order chi connectivity index (χ1) is 11.6. The molecule has 0 saturated heterocycles. The normalized spacial score (nSPS) is 10.8. The third kappa shape index (κ3) is 9.13. The molecule has 4 heteroatoms. The molecule has 4 nitrogen and oxygen atoms in total. The topological polar surface area (TPSA) is 44.7 Å². The van der Waals surface area contributed by atoms with E-state index in [1.807, 2.05) is 49.3 Å². The van der Waals surface area contributed by atoms with E-state index in [9.17, 15) is 4.79 Å². The van der Waals surface area contributed by atoms with Crippen molar-refractivity contribution in [2.75, 3.05) is 19.0 Å². The van der Waals surface area contributed by atoms with Gasteiger partial charge in [-0.15, -0.1) is 6.58 Å². The zero-order valence-electron chi connectivity index (χ0n) is 15.1. The number of unbranched alkanes of at least 4 members (excludes halogenated alkanes) is 6. The molecule has 132 valence electrons. The molecule has 0 aliphatic carbocycles. The fraction of sp³-hybridized carbons (Fsp3) is 0.500. The number of rotatable bonds is 12. The summed E-state index contributed by atoms with van der Waals surface area (Å²) in [5.74, 6) is -0.0113. The van der Waals surface area contributed by atoms with Crippen molar-refractivity contribution in [1.29, 1.82) is 0 Å². The van der Waals surface area contributed by atoms with E-state index in [4.69, 9.17) is 0 Å². The SMILES string of the molecule is C=CCCCCCCCCC(=O)N/N=C\c1ccc(N(C)C)cc1. The Bertz CT molecular complexity index is 506. The first-order valence-corrected chi connectivity index (χ1v) is 8.83. The van der Waals surface area contributed by atoms with Gasteiger partial charge < -0.3 is 4.90 Å². The lowest BCUT2D eigenvalue weighted by atomic mass is 10.1. The van der Waals surface area contributed by atoms with Gasteiger partial charge in [-0.3, -0.25) is 4.79 Å². The lowest BCUT2D eigenvalue weighted by Crippen LogP contribution is -2.16. The molecule has 1 rings (SSSR count). The van der Waals surface area contributed by atoms with Gasteiger partial charge in [0, 0.05) is 26.2 Å². The summed E-state index contributed by atoms with van der Waals surface area (Å²) in [4.78, 5) is 13.8. The zero-order valence-corrected chi connectivity index (χ0v) is 15.1. The van der Waals surface area contributed by atoms with E-state index < -0.39 is 0 Å². The van der Waals surface area contributed by atoms with Crippen LogP contribution in [0.4, 0.5) is 5.69 Å². The number of nitrogens with one attached hydrogen (secondary N) is 1. The molecule has 0 saturated carbocycles. The number of hydrogen-bond donors (Lipinski definition) is 1. The number of carbonyl (C=O) groups is 1. The smallest absolute Gasteiger partial charge is 0.240 e. The van der Waals surface area contributed by atoms with Crippen molar-refractivity contribution in [2.45, 2.75) is 51.4 Å². The second-order valence-corrected chi connectivity index (χ2v) is 6.23. The van der Waals surface area contributed by atoms with Crippen molar-refractivity contribution in [3.05, 3.63) is 42.5 Å². The Morgan fingerprint density at radius 1 is 1.08 bits per heavy atom. The Kier molecular flexibility index (Phi) is 10.3. The fourth-order valence-electron chi connectivity index (χ4n) is 2.37. The molecule has 0 atom stereocenters. The van der Waals surface area contributed by atoms with Gasteiger partial charge in [0.2, 0.25) is 5.91 Å². The number of hydrogen-bond acceptors (Lipinski definition) is 3. The van der Waals surface area contributed by atoms with E-state index >= 15 is 0 Å². The van der Waals surface area contributed by atoms with Gasteiger partial charge in [-0.05, 0) is 37.0 Å². The highest BCUT2D eigenvalue weighted by molar-refractivity contribution is 5.82. The molecule has 0 unspecified atom stereocenters. The monoisotopic (exact) mass is 329 g/mol. The molecule has 1 amide bonds. The van der Waals surface area contributed by atoms with E-state index in [2.05, 4.69) is 17.1 Å². The number of carbonyl (C=O) groups excluding carboxylic acids is 1. The highest BCUT2D eigenvalue weighted by Gasteiger charge is 1.99. The van der Waals surface area contributed by atoms with Gasteiger partial charge in [-0.25, -0.2) is 5.43 Å². The predicted molar refractivity (Wildman–Crippen MR) is 104 cm³/mol. The predicted octanol–water partition coefficient (Wildman–Crippen LogP) is 4.51. The Balaban J connectivity index is 2.11. The number of allylic oxidation sites excluding steroid dienone is 1. The maximum absolute atomic E-state index is 11.7. The Morgan fingerprint density at radius 2 is 1.71 bits per heavy atom. The summed E-state index contributed by atoms with van der Waals surface area (Å²) in [5.41, 5.74) is 4.71. The molecule has 0 aliphatic heterocycles. The number of benzene rings is 1. The van der Waals surface area contributed by atoms with Crippen molar-refractivity contribution in [3.8, 4) is 0 Å². The van der Waals surface area contributed by atoms with Crippen LogP contribution in [0.15, 0.2) is 42.0 Å². The van der Waals surface area contributed by atoms with Gasteiger partial charge in [-0.1, -0.05) is 43.9 Å². The highest BCUT2D eigenvalue weighted by atomic mass is 16.2. The van der Waals surface area contributed by atoms with Crippen LogP contribution in [0.5, 0.6) is 0 Å². The Hall–Kier alpha value is -2.10. The first kappa shape index (κ1) is 19.9. The molecule has 0 bridgehead atoms. The summed E-state index contributed by atoms with van der Waals surface area (Å²) >= 11 is 0. The fourth-order valence-corrected chi connectivity index (χ4v) is 2.37. The molecule has 0 aromatic heterocycles. The van der Waals surface area contributed by atoms with Crippen molar-refractivity contribution in [3.63, 3.8) is 0 Å². The number of nitrogens with zero attached hydrogens (tertiary/aromatic N) is 2. The van der Waals surface area contributed by atoms with E-state index in [0.29, 0.717) is 6.42 Å². The molecule has 24 heavy (non-hydrogen) atoms. The number of amides is 1. The molecule has 1 aromatic carbocycles. The van der Waals surface area contributed by atoms with Crippen molar-refractivity contribution in [1.82, 2.24) is 5.43 Å². The summed E-state index contributed by atoms with van der Waals surface area (Å²) in [5, 5.41) is 4.02. The minimum Gasteiger partial charge on any atom is -0.378 e. The molecule has 1 aromatic rings. The Morgan fingerprint density at radius 3 is 2.33 bits per heavy atom. The van der Waals surface area contributed by atoms with Crippen molar-refractivity contribution >= 4 is 17.8 Å². The van der Waals surface area contributed by atoms with Crippen LogP contribution in [0.25, 0.3) is 0 Å². The summed E-state index contributed by atoms with van der Waals surface area (Å²) < 4.78 is 0. The molecule has 0 aliphatic rings. The van der Waals surface area contributed by atoms with Gasteiger partial charge in [0.25, 0.3) is 0 Å². The largest absolute Gasteiger partial charge is 0.378 e. The average Bonchev–Trinajstić information content (AvgIpc) is 2.57. The van der Waals surface area contributed by atoms with Crippen LogP contribution in [0.1, 0.15) is 56.9 Å². The van der Waals surface area contributed by atoms with Crippen LogP contribution in [0.3, 0.4) is 0 Å². The van der Waals surface area contributed by atoms with Gasteiger partial charge in [0.1, 0.15) is 0 Å². The van der Waals surface area contributed by atoms with Gasteiger partial charge in [-0.2, -0.15) is 5.10 Å². The van der Waals surface area contributed by atoms with Crippen LogP contribution in [0, 0.1) is 0 Å². The third-order valence-corrected chi connectivity index (χ3v) is 3.87. The van der Waals surface area contributed by atoms with Crippen LogP contribution in [-0.2, 0) is 4.79 Å². The van der Waals surface area contributed by atoms with Crippen molar-refractivity contribution in [2.24, 2.45) is 5.10 Å². The molecule has 0 heterocycles. The molecule has 1 N–H and O–H groups in total. The lowest BCUT2D eigenvalue weighted by Gasteiger charge is -2.11. The van der Waals surface area contributed by atoms with E-state index in [0.717, 1.165) is 30.5 Å². The molecular weight excluding hydrogens is 298 g/mol. The van der Waals surface area contributed by atoms with Gasteiger partial charge in [0.15, 0.2) is 0 Å². The van der Waals surface area contributed by atoms with Crippen molar-refractivity contribution < 1.29 is 4.79 Å². The quantitative estimate of drug-likeness (QED) is 0.265. The minimum absolute atomic E-state index is 0.0113. The van der Waals surface area contributed by atoms with Gasteiger partial charge in [0.05, 0.1) is 6.21 Å². The van der Waals surface area contributed by atoms with Crippen LogP contribution < -0.4 is 10.3 Å². The molecule has 0 radical (unpaired) electrons. The summed E-state index contributed by atoms with van der Waals surface area (Å²) in [6.45, 7) is 3.72. The number of hydrazone groups is 1. The van der Waals surface area contributed by atoms with Crippen LogP contribution in [0.2, 0.25) is 0 Å². The zero-order chi connectivity index (χ0) is 17.6. The average molecular weight is 329 g/mol. The highest BCUT2D eigenvalue weighted by Crippen LogP contribution is 2.11. The van der Waals surface area contributed by atoms with Crippen LogP contribution in [-0.4, -0.2) is 26.2 Å². The summed E-state index contributed by atoms with van der Waals surface area (Å²) in [6, 6.07) is 8.02. The number of anilines is 1. The molecular formula is C20H31N3O. The van der Waals surface area contributed by atoms with Crippen LogP contribution >= 0.6 is 0 Å². The third-order valence-electron chi connectivity index (χ3n) is 3.87. The minimum atomic E-state index is -0.0113. The molecule has 0 spiro atoms. The second kappa shape index (κ2) is 12.3. The second-order valence-electron chi connectivity index (χ2n) is 6.23. The van der Waals surface area contributed by atoms with Gasteiger partial charge >= 0.3 is 0 Å². The maximum atomic E-state index is 11.7. The maximum Gasteiger partial charge on any atom is 0.240 e. The standard InChI is InChI=1S/C20H31N3O/c1-4-5-6-7-8-9-10-11-12-20(24)22-21-17-18-13-15-19(16-14-18)23(2)3/h4,13-17H,1,5-12H2,2-3H3,(H,22,24)/b21-17-.